The average molecular weight is 344 g/mol. The molecule has 0 aliphatic carbocycles. The van der Waals surface area contributed by atoms with E-state index in [9.17, 15) is 0 Å². The largest absolute Gasteiger partial charge is 0.343 e. The van der Waals surface area contributed by atoms with E-state index in [0.717, 1.165) is 17.4 Å². The number of halogens is 1. The normalized spacial score (nSPS) is 12.7. The van der Waals surface area contributed by atoms with Crippen LogP contribution in [0.3, 0.4) is 0 Å². The molecule has 1 unspecified atom stereocenters. The highest BCUT2D eigenvalue weighted by Crippen LogP contribution is 2.20. The van der Waals surface area contributed by atoms with Gasteiger partial charge in [0.05, 0.1) is 0 Å². The molecule has 0 saturated carbocycles. The van der Waals surface area contributed by atoms with Crippen LogP contribution in [0.2, 0.25) is 0 Å². The van der Waals surface area contributed by atoms with Crippen LogP contribution in [0.25, 0.3) is 10.9 Å². The number of fused-ring (bicyclic) bond motifs is 1. The molecular weight excluding hydrogens is 326 g/mol. The van der Waals surface area contributed by atoms with Crippen LogP contribution >= 0.6 is 15.9 Å². The summed E-state index contributed by atoms with van der Waals surface area (Å²) in [5, 5.41) is 1.26. The van der Waals surface area contributed by atoms with Crippen LogP contribution in [-0.2, 0) is 13.0 Å². The lowest BCUT2D eigenvalue weighted by Gasteiger charge is -2.09. The first-order chi connectivity index (χ1) is 10.1. The van der Waals surface area contributed by atoms with E-state index in [1.54, 1.807) is 6.20 Å². The molecule has 1 aromatic carbocycles. The van der Waals surface area contributed by atoms with E-state index in [1.165, 1.54) is 22.0 Å². The molecule has 21 heavy (non-hydrogen) atoms. The molecule has 3 rings (SSSR count). The zero-order valence-electron chi connectivity index (χ0n) is 12.0. The lowest BCUT2D eigenvalue weighted by Crippen LogP contribution is -2.17. The van der Waals surface area contributed by atoms with Gasteiger partial charge in [-0.2, -0.15) is 0 Å². The molecule has 3 nitrogen and oxygen atoms in total. The third kappa shape index (κ3) is 3.34. The first-order valence-corrected chi connectivity index (χ1v) is 7.84. The Balaban J connectivity index is 1.94. The smallest absolute Gasteiger partial charge is 0.0491 e. The Morgan fingerprint density at radius 2 is 2.05 bits per heavy atom. The van der Waals surface area contributed by atoms with Crippen molar-refractivity contribution in [3.63, 3.8) is 0 Å². The van der Waals surface area contributed by atoms with Crippen molar-refractivity contribution in [2.24, 2.45) is 5.73 Å². The van der Waals surface area contributed by atoms with Gasteiger partial charge in [0.2, 0.25) is 0 Å². The third-order valence-electron chi connectivity index (χ3n) is 3.51. The van der Waals surface area contributed by atoms with Crippen LogP contribution in [-0.4, -0.2) is 15.6 Å². The minimum atomic E-state index is 0.181. The van der Waals surface area contributed by atoms with Crippen LogP contribution in [0.1, 0.15) is 18.1 Å². The van der Waals surface area contributed by atoms with Gasteiger partial charge in [-0.15, -0.1) is 0 Å². The number of hydrogen-bond acceptors (Lipinski definition) is 2. The minimum Gasteiger partial charge on any atom is -0.343 e. The van der Waals surface area contributed by atoms with E-state index in [2.05, 4.69) is 62.0 Å². The van der Waals surface area contributed by atoms with Gasteiger partial charge in [-0.3, -0.25) is 4.98 Å². The average Bonchev–Trinajstić information content (AvgIpc) is 2.81. The van der Waals surface area contributed by atoms with Gasteiger partial charge in [-0.05, 0) is 64.0 Å². The molecule has 2 heterocycles. The van der Waals surface area contributed by atoms with Gasteiger partial charge in [-0.1, -0.05) is 12.1 Å². The lowest BCUT2D eigenvalue weighted by atomic mass is 10.1. The first kappa shape index (κ1) is 14.3. The zero-order chi connectivity index (χ0) is 14.8. The standard InChI is InChI=1S/C17H18BrN3/c1-12(19)6-13-2-3-15-4-5-21(17(15)8-13)11-14-7-16(18)10-20-9-14/h2-5,7-10,12H,6,11,19H2,1H3. The number of nitrogens with zero attached hydrogens (tertiary/aromatic N) is 2. The summed E-state index contributed by atoms with van der Waals surface area (Å²) >= 11 is 3.47. The van der Waals surface area contributed by atoms with Gasteiger partial charge >= 0.3 is 0 Å². The van der Waals surface area contributed by atoms with Crippen molar-refractivity contribution in [2.75, 3.05) is 0 Å². The molecule has 2 N–H and O–H groups in total. The SMILES string of the molecule is CC(N)Cc1ccc2ccn(Cc3cncc(Br)c3)c2c1. The Bertz CT molecular complexity index is 762. The fourth-order valence-corrected chi connectivity index (χ4v) is 3.02. The van der Waals surface area contributed by atoms with E-state index in [1.807, 2.05) is 13.1 Å². The maximum Gasteiger partial charge on any atom is 0.0491 e. The second-order valence-electron chi connectivity index (χ2n) is 5.53. The maximum absolute atomic E-state index is 5.90. The van der Waals surface area contributed by atoms with E-state index in [0.29, 0.717) is 0 Å². The fraction of sp³-hybridized carbons (Fsp3) is 0.235. The van der Waals surface area contributed by atoms with Crippen LogP contribution < -0.4 is 5.73 Å². The van der Waals surface area contributed by atoms with Gasteiger partial charge in [0.25, 0.3) is 0 Å². The molecule has 0 spiro atoms. The molecule has 0 radical (unpaired) electrons. The molecule has 0 amide bonds. The predicted molar refractivity (Wildman–Crippen MR) is 90.3 cm³/mol. The summed E-state index contributed by atoms with van der Waals surface area (Å²) in [6, 6.07) is 11.0. The van der Waals surface area contributed by atoms with Crippen LogP contribution in [0.15, 0.2) is 53.4 Å². The number of hydrogen-bond donors (Lipinski definition) is 1. The van der Waals surface area contributed by atoms with Crippen LogP contribution in [0, 0.1) is 0 Å². The predicted octanol–water partition coefficient (Wildman–Crippen LogP) is 3.74. The first-order valence-electron chi connectivity index (χ1n) is 7.04. The molecule has 2 aromatic heterocycles. The molecule has 1 atom stereocenters. The van der Waals surface area contributed by atoms with Crippen molar-refractivity contribution in [1.29, 1.82) is 0 Å². The zero-order valence-corrected chi connectivity index (χ0v) is 13.5. The fourth-order valence-electron chi connectivity index (χ4n) is 2.61. The Labute approximate surface area is 132 Å². The van der Waals surface area contributed by atoms with Crippen molar-refractivity contribution in [2.45, 2.75) is 25.9 Å². The van der Waals surface area contributed by atoms with Crippen LogP contribution in [0.4, 0.5) is 0 Å². The highest BCUT2D eigenvalue weighted by Gasteiger charge is 2.05. The summed E-state index contributed by atoms with van der Waals surface area (Å²) in [5.74, 6) is 0. The van der Waals surface area contributed by atoms with Crippen molar-refractivity contribution in [3.05, 3.63) is 64.5 Å². The molecule has 3 aromatic rings. The number of nitrogens with two attached hydrogens (primary N) is 1. The van der Waals surface area contributed by atoms with Crippen molar-refractivity contribution in [1.82, 2.24) is 9.55 Å². The minimum absolute atomic E-state index is 0.181. The summed E-state index contributed by atoms with van der Waals surface area (Å²) in [4.78, 5) is 4.23. The topological polar surface area (TPSA) is 43.8 Å². The Kier molecular flexibility index (Phi) is 4.08. The van der Waals surface area contributed by atoms with E-state index >= 15 is 0 Å². The molecule has 0 fully saturated rings. The van der Waals surface area contributed by atoms with Crippen molar-refractivity contribution in [3.8, 4) is 0 Å². The van der Waals surface area contributed by atoms with Gasteiger partial charge in [0.1, 0.15) is 0 Å². The van der Waals surface area contributed by atoms with E-state index in [4.69, 9.17) is 5.73 Å². The summed E-state index contributed by atoms with van der Waals surface area (Å²) in [5.41, 5.74) is 9.61. The second-order valence-corrected chi connectivity index (χ2v) is 6.45. The highest BCUT2D eigenvalue weighted by molar-refractivity contribution is 9.10. The Hall–Kier alpha value is -1.65. The Morgan fingerprint density at radius 3 is 2.81 bits per heavy atom. The second kappa shape index (κ2) is 6.00. The summed E-state index contributed by atoms with van der Waals surface area (Å²) < 4.78 is 3.26. The number of pyridine rings is 1. The summed E-state index contributed by atoms with van der Waals surface area (Å²) in [6.45, 7) is 2.86. The van der Waals surface area contributed by atoms with Gasteiger partial charge < -0.3 is 10.3 Å². The monoisotopic (exact) mass is 343 g/mol. The number of benzene rings is 1. The molecular formula is C17H18BrN3. The van der Waals surface area contributed by atoms with Crippen molar-refractivity contribution < 1.29 is 0 Å². The quantitative estimate of drug-likeness (QED) is 0.784. The van der Waals surface area contributed by atoms with E-state index in [-0.39, 0.29) is 6.04 Å². The molecule has 0 bridgehead atoms. The molecule has 0 saturated heterocycles. The molecule has 0 aliphatic rings. The third-order valence-corrected chi connectivity index (χ3v) is 3.94. The van der Waals surface area contributed by atoms with E-state index < -0.39 is 0 Å². The van der Waals surface area contributed by atoms with Gasteiger partial charge in [0.15, 0.2) is 0 Å². The molecule has 0 aliphatic heterocycles. The molecule has 108 valence electrons. The summed E-state index contributed by atoms with van der Waals surface area (Å²) in [6.07, 6.45) is 6.74. The van der Waals surface area contributed by atoms with Gasteiger partial charge in [0, 0.05) is 41.2 Å². The number of aromatic nitrogens is 2. The Morgan fingerprint density at radius 1 is 1.19 bits per heavy atom. The van der Waals surface area contributed by atoms with Crippen LogP contribution in [0.5, 0.6) is 0 Å². The highest BCUT2D eigenvalue weighted by atomic mass is 79.9. The summed E-state index contributed by atoms with van der Waals surface area (Å²) in [7, 11) is 0. The maximum atomic E-state index is 5.90. The number of rotatable bonds is 4. The molecule has 4 heteroatoms. The lowest BCUT2D eigenvalue weighted by molar-refractivity contribution is 0.738. The van der Waals surface area contributed by atoms with Gasteiger partial charge in [-0.25, -0.2) is 0 Å². The van der Waals surface area contributed by atoms with Crippen molar-refractivity contribution >= 4 is 26.8 Å².